The third-order valence-electron chi connectivity index (χ3n) is 5.58. The Kier molecular flexibility index (Phi) is 4.31. The van der Waals surface area contributed by atoms with Gasteiger partial charge in [0, 0.05) is 12.3 Å². The Balaban J connectivity index is 2.27. The van der Waals surface area contributed by atoms with E-state index in [2.05, 4.69) is 0 Å². The molecule has 0 spiro atoms. The van der Waals surface area contributed by atoms with Crippen LogP contribution in [-0.2, 0) is 9.53 Å². The van der Waals surface area contributed by atoms with E-state index in [1.807, 2.05) is 6.92 Å². The second-order valence-electron chi connectivity index (χ2n) is 7.54. The minimum absolute atomic E-state index is 0.365. The summed E-state index contributed by atoms with van der Waals surface area (Å²) >= 11 is 0. The molecule has 0 aromatic carbocycles. The van der Waals surface area contributed by atoms with E-state index >= 15 is 0 Å². The fourth-order valence-corrected chi connectivity index (χ4v) is 3.63. The molecule has 2 fully saturated rings. The second kappa shape index (κ2) is 5.39. The molecule has 0 aromatic heterocycles. The van der Waals surface area contributed by atoms with Gasteiger partial charge in [-0.2, -0.15) is 13.2 Å². The number of rotatable bonds is 3. The van der Waals surface area contributed by atoms with E-state index in [1.165, 1.54) is 0 Å². The predicted octanol–water partition coefficient (Wildman–Crippen LogP) is 3.98. The summed E-state index contributed by atoms with van der Waals surface area (Å²) in [5, 5.41) is 10.1. The molecule has 2 saturated carbocycles. The lowest BCUT2D eigenvalue weighted by atomic mass is 9.77. The van der Waals surface area contributed by atoms with Gasteiger partial charge in [-0.25, -0.2) is 0 Å². The number of ether oxygens (including phenoxy) is 1. The molecule has 0 amide bonds. The molecule has 6 heteroatoms. The molecule has 3 nitrogen and oxygen atoms in total. The standard InChI is InChI=1S/C16H25F3O3/c1-4-13(2,3)12(20)22-14-8-6-5-7-11(14)9-15(21,10-14)16(17,18)19/h11,21H,4-10H2,1-3H3. The lowest BCUT2D eigenvalue weighted by molar-refractivity contribution is -0.262. The van der Waals surface area contributed by atoms with Crippen molar-refractivity contribution < 1.29 is 27.8 Å². The van der Waals surface area contributed by atoms with Gasteiger partial charge in [0.2, 0.25) is 0 Å². The highest BCUT2D eigenvalue weighted by molar-refractivity contribution is 5.76. The number of carbonyl (C=O) groups excluding carboxylic acids is 1. The number of hydrogen-bond acceptors (Lipinski definition) is 3. The lowest BCUT2D eigenvalue weighted by Gasteiger charge is -2.40. The predicted molar refractivity (Wildman–Crippen MR) is 75.1 cm³/mol. The van der Waals surface area contributed by atoms with Gasteiger partial charge in [0.25, 0.3) is 0 Å². The topological polar surface area (TPSA) is 46.5 Å². The number of hydrogen-bond donors (Lipinski definition) is 1. The van der Waals surface area contributed by atoms with Crippen LogP contribution in [0.2, 0.25) is 0 Å². The van der Waals surface area contributed by atoms with E-state index < -0.39 is 41.1 Å². The number of fused-ring (bicyclic) bond motifs is 1. The monoisotopic (exact) mass is 322 g/mol. The maximum Gasteiger partial charge on any atom is 0.417 e. The molecular weight excluding hydrogens is 297 g/mol. The fourth-order valence-electron chi connectivity index (χ4n) is 3.63. The van der Waals surface area contributed by atoms with Crippen LogP contribution >= 0.6 is 0 Å². The highest BCUT2D eigenvalue weighted by atomic mass is 19.4. The third-order valence-corrected chi connectivity index (χ3v) is 5.58. The zero-order valence-electron chi connectivity index (χ0n) is 13.4. The van der Waals surface area contributed by atoms with Gasteiger partial charge in [-0.1, -0.05) is 13.3 Å². The number of aliphatic hydroxyl groups is 1. The Morgan fingerprint density at radius 3 is 2.50 bits per heavy atom. The van der Waals surface area contributed by atoms with Crippen LogP contribution in [0.15, 0.2) is 0 Å². The Hall–Kier alpha value is -0.780. The number of esters is 1. The van der Waals surface area contributed by atoms with Crippen LogP contribution in [0.5, 0.6) is 0 Å². The molecule has 128 valence electrons. The first-order valence-corrected chi connectivity index (χ1v) is 7.98. The second-order valence-corrected chi connectivity index (χ2v) is 7.54. The molecule has 0 heterocycles. The van der Waals surface area contributed by atoms with Crippen LogP contribution < -0.4 is 0 Å². The van der Waals surface area contributed by atoms with E-state index in [-0.39, 0.29) is 6.42 Å². The first-order valence-electron chi connectivity index (χ1n) is 7.98. The van der Waals surface area contributed by atoms with Crippen LogP contribution in [0.3, 0.4) is 0 Å². The van der Waals surface area contributed by atoms with Crippen molar-refractivity contribution in [2.24, 2.45) is 11.3 Å². The molecule has 0 aromatic rings. The zero-order chi connectivity index (χ0) is 16.8. The van der Waals surface area contributed by atoms with Crippen LogP contribution in [-0.4, -0.2) is 28.5 Å². The minimum atomic E-state index is -4.69. The van der Waals surface area contributed by atoms with Crippen molar-refractivity contribution in [2.45, 2.75) is 83.1 Å². The fraction of sp³-hybridized carbons (Fsp3) is 0.938. The van der Waals surface area contributed by atoms with Crippen molar-refractivity contribution in [1.82, 2.24) is 0 Å². The number of halogens is 3. The van der Waals surface area contributed by atoms with Gasteiger partial charge in [-0.15, -0.1) is 0 Å². The maximum absolute atomic E-state index is 13.2. The third kappa shape index (κ3) is 2.86. The van der Waals surface area contributed by atoms with Gasteiger partial charge in [0.1, 0.15) is 5.60 Å². The summed E-state index contributed by atoms with van der Waals surface area (Å²) < 4.78 is 45.3. The molecule has 2 aliphatic carbocycles. The SMILES string of the molecule is CCC(C)(C)C(=O)OC12CCCCC1CC(O)(C(F)(F)F)C2. The van der Waals surface area contributed by atoms with E-state index in [0.29, 0.717) is 19.3 Å². The average Bonchev–Trinajstić information content (AvgIpc) is 2.71. The number of alkyl halides is 3. The van der Waals surface area contributed by atoms with E-state index in [4.69, 9.17) is 4.74 Å². The van der Waals surface area contributed by atoms with Gasteiger partial charge < -0.3 is 9.84 Å². The first-order chi connectivity index (χ1) is 9.96. The Morgan fingerprint density at radius 1 is 1.32 bits per heavy atom. The molecule has 2 aliphatic rings. The summed E-state index contributed by atoms with van der Waals surface area (Å²) in [5.74, 6) is -0.877. The molecule has 2 rings (SSSR count). The molecule has 0 bridgehead atoms. The largest absolute Gasteiger partial charge is 0.458 e. The Bertz CT molecular complexity index is 446. The quantitative estimate of drug-likeness (QED) is 0.799. The highest BCUT2D eigenvalue weighted by Gasteiger charge is 2.67. The molecule has 3 atom stereocenters. The molecular formula is C16H25F3O3. The molecule has 1 N–H and O–H groups in total. The average molecular weight is 322 g/mol. The van der Waals surface area contributed by atoms with Gasteiger partial charge in [0.05, 0.1) is 5.41 Å². The summed E-state index contributed by atoms with van der Waals surface area (Å²) in [6, 6.07) is 0. The lowest BCUT2D eigenvalue weighted by Crippen LogP contribution is -2.47. The highest BCUT2D eigenvalue weighted by Crippen LogP contribution is 2.57. The van der Waals surface area contributed by atoms with Gasteiger partial charge in [-0.3, -0.25) is 4.79 Å². The van der Waals surface area contributed by atoms with Crippen molar-refractivity contribution in [1.29, 1.82) is 0 Å². The Morgan fingerprint density at radius 2 is 1.95 bits per heavy atom. The summed E-state index contributed by atoms with van der Waals surface area (Å²) in [7, 11) is 0. The van der Waals surface area contributed by atoms with Crippen LogP contribution in [0, 0.1) is 11.3 Å². The molecule has 0 aliphatic heterocycles. The zero-order valence-corrected chi connectivity index (χ0v) is 13.4. The van der Waals surface area contributed by atoms with Crippen molar-refractivity contribution in [3.63, 3.8) is 0 Å². The number of carbonyl (C=O) groups is 1. The maximum atomic E-state index is 13.2. The van der Waals surface area contributed by atoms with Gasteiger partial charge in [0.15, 0.2) is 5.60 Å². The van der Waals surface area contributed by atoms with Crippen LogP contribution in [0.25, 0.3) is 0 Å². The van der Waals surface area contributed by atoms with Gasteiger partial charge in [-0.05, 0) is 46.0 Å². The normalized spacial score (nSPS) is 36.0. The summed E-state index contributed by atoms with van der Waals surface area (Å²) in [6.45, 7) is 5.31. The molecule has 0 radical (unpaired) electrons. The van der Waals surface area contributed by atoms with Crippen LogP contribution in [0.1, 0.15) is 65.7 Å². The van der Waals surface area contributed by atoms with E-state index in [1.54, 1.807) is 13.8 Å². The summed E-state index contributed by atoms with van der Waals surface area (Å²) in [6.07, 6.45) is -2.52. The smallest absolute Gasteiger partial charge is 0.417 e. The summed E-state index contributed by atoms with van der Waals surface area (Å²) in [5.41, 5.74) is -4.62. The van der Waals surface area contributed by atoms with Crippen molar-refractivity contribution in [3.8, 4) is 0 Å². The molecule has 22 heavy (non-hydrogen) atoms. The summed E-state index contributed by atoms with van der Waals surface area (Å²) in [4.78, 5) is 12.4. The van der Waals surface area contributed by atoms with E-state index in [0.717, 1.165) is 12.8 Å². The van der Waals surface area contributed by atoms with Crippen molar-refractivity contribution in [3.05, 3.63) is 0 Å². The van der Waals surface area contributed by atoms with Crippen LogP contribution in [0.4, 0.5) is 13.2 Å². The minimum Gasteiger partial charge on any atom is -0.458 e. The van der Waals surface area contributed by atoms with Crippen molar-refractivity contribution >= 4 is 5.97 Å². The first kappa shape index (κ1) is 17.6. The van der Waals surface area contributed by atoms with E-state index in [9.17, 15) is 23.1 Å². The molecule has 3 unspecified atom stereocenters. The molecule has 0 saturated heterocycles. The van der Waals surface area contributed by atoms with Crippen molar-refractivity contribution in [2.75, 3.05) is 0 Å². The Labute approximate surface area is 129 Å². The van der Waals surface area contributed by atoms with Gasteiger partial charge >= 0.3 is 12.1 Å².